The monoisotopic (exact) mass is 368 g/mol. The van der Waals surface area contributed by atoms with Gasteiger partial charge in [0.2, 0.25) is 5.91 Å². The van der Waals surface area contributed by atoms with Gasteiger partial charge in [0.25, 0.3) is 0 Å². The van der Waals surface area contributed by atoms with E-state index in [2.05, 4.69) is 20.8 Å². The number of anilines is 2. The second kappa shape index (κ2) is 6.87. The van der Waals surface area contributed by atoms with Crippen LogP contribution in [0.5, 0.6) is 11.5 Å². The van der Waals surface area contributed by atoms with Crippen LogP contribution < -0.4 is 20.1 Å². The fourth-order valence-corrected chi connectivity index (χ4v) is 2.87. The molecule has 3 aromatic rings. The molecular weight excluding hydrogens is 352 g/mol. The standard InChI is InChI=1S/C18H16N4O5/c23-16(8-10-1-4-14-15(7-10)27-6-5-26-14)20-17-12-9-11(19-18(24)25)2-3-13(12)21-22-17/h1-4,7,9,19H,5-6,8H2,(H,24,25)(H2,20,21,22,23). The van der Waals surface area contributed by atoms with Gasteiger partial charge >= 0.3 is 6.09 Å². The van der Waals surface area contributed by atoms with E-state index in [1.807, 2.05) is 6.07 Å². The normalized spacial score (nSPS) is 12.6. The molecule has 0 radical (unpaired) electrons. The summed E-state index contributed by atoms with van der Waals surface area (Å²) < 4.78 is 11.0. The molecule has 0 fully saturated rings. The highest BCUT2D eigenvalue weighted by atomic mass is 16.6. The van der Waals surface area contributed by atoms with Crippen LogP contribution in [0.4, 0.5) is 16.3 Å². The number of benzene rings is 2. The highest BCUT2D eigenvalue weighted by Gasteiger charge is 2.15. The number of ether oxygens (including phenoxy) is 2. The lowest BCUT2D eigenvalue weighted by Gasteiger charge is -2.18. The largest absolute Gasteiger partial charge is 0.486 e. The van der Waals surface area contributed by atoms with Crippen LogP contribution in [0.15, 0.2) is 36.4 Å². The first-order chi connectivity index (χ1) is 13.1. The fraction of sp³-hybridized carbons (Fsp3) is 0.167. The van der Waals surface area contributed by atoms with Crippen molar-refractivity contribution in [2.75, 3.05) is 23.8 Å². The molecule has 1 aliphatic heterocycles. The third-order valence-corrected chi connectivity index (χ3v) is 4.04. The molecule has 9 heteroatoms. The van der Waals surface area contributed by atoms with Crippen molar-refractivity contribution in [3.8, 4) is 11.5 Å². The summed E-state index contributed by atoms with van der Waals surface area (Å²) in [7, 11) is 0. The molecule has 2 heterocycles. The van der Waals surface area contributed by atoms with Gasteiger partial charge in [0.15, 0.2) is 17.3 Å². The second-order valence-corrected chi connectivity index (χ2v) is 5.97. The molecule has 27 heavy (non-hydrogen) atoms. The Balaban J connectivity index is 1.50. The maximum absolute atomic E-state index is 12.4. The van der Waals surface area contributed by atoms with Gasteiger partial charge in [-0.1, -0.05) is 6.07 Å². The van der Waals surface area contributed by atoms with E-state index in [4.69, 9.17) is 14.6 Å². The second-order valence-electron chi connectivity index (χ2n) is 5.97. The van der Waals surface area contributed by atoms with Gasteiger partial charge in [-0.3, -0.25) is 15.2 Å². The SMILES string of the molecule is O=C(O)Nc1ccc2[nH]nc(NC(=O)Cc3ccc4c(c3)OCCO4)c2c1. The average Bonchev–Trinajstić information content (AvgIpc) is 3.03. The van der Waals surface area contributed by atoms with Gasteiger partial charge < -0.3 is 19.9 Å². The first kappa shape index (κ1) is 16.7. The van der Waals surface area contributed by atoms with Crippen LogP contribution in [-0.4, -0.2) is 40.5 Å². The van der Waals surface area contributed by atoms with Gasteiger partial charge in [0, 0.05) is 11.1 Å². The molecule has 2 amide bonds. The van der Waals surface area contributed by atoms with Crippen molar-refractivity contribution < 1.29 is 24.2 Å². The van der Waals surface area contributed by atoms with Crippen LogP contribution in [0, 0.1) is 0 Å². The first-order valence-electron chi connectivity index (χ1n) is 8.25. The number of rotatable bonds is 4. The molecule has 0 spiro atoms. The van der Waals surface area contributed by atoms with E-state index >= 15 is 0 Å². The summed E-state index contributed by atoms with van der Waals surface area (Å²) in [6, 6.07) is 10.3. The number of carbonyl (C=O) groups is 2. The van der Waals surface area contributed by atoms with Crippen molar-refractivity contribution in [2.24, 2.45) is 0 Å². The Morgan fingerprint density at radius 3 is 2.70 bits per heavy atom. The number of H-pyrrole nitrogens is 1. The summed E-state index contributed by atoms with van der Waals surface area (Å²) in [4.78, 5) is 23.2. The number of hydrogen-bond acceptors (Lipinski definition) is 5. The number of hydrogen-bond donors (Lipinski definition) is 4. The summed E-state index contributed by atoms with van der Waals surface area (Å²) in [6.07, 6.45) is -1.03. The lowest BCUT2D eigenvalue weighted by molar-refractivity contribution is -0.115. The molecular formula is C18H16N4O5. The molecule has 1 aromatic heterocycles. The van der Waals surface area contributed by atoms with E-state index in [-0.39, 0.29) is 12.3 Å². The summed E-state index contributed by atoms with van der Waals surface area (Å²) in [6.45, 7) is 0.992. The zero-order valence-corrected chi connectivity index (χ0v) is 14.1. The first-order valence-corrected chi connectivity index (χ1v) is 8.25. The fourth-order valence-electron chi connectivity index (χ4n) is 2.87. The molecule has 4 N–H and O–H groups in total. The predicted molar refractivity (Wildman–Crippen MR) is 97.5 cm³/mol. The molecule has 138 valence electrons. The third kappa shape index (κ3) is 3.61. The molecule has 0 saturated heterocycles. The maximum atomic E-state index is 12.4. The molecule has 0 saturated carbocycles. The van der Waals surface area contributed by atoms with E-state index < -0.39 is 6.09 Å². The van der Waals surface area contributed by atoms with Crippen molar-refractivity contribution in [3.63, 3.8) is 0 Å². The van der Waals surface area contributed by atoms with Crippen LogP contribution in [0.3, 0.4) is 0 Å². The van der Waals surface area contributed by atoms with Gasteiger partial charge in [-0.25, -0.2) is 4.79 Å². The topological polar surface area (TPSA) is 126 Å². The Kier molecular flexibility index (Phi) is 4.25. The summed E-state index contributed by atoms with van der Waals surface area (Å²) in [5.74, 6) is 1.38. The number of aromatic nitrogens is 2. The predicted octanol–water partition coefficient (Wildman–Crippen LogP) is 2.61. The smallest absolute Gasteiger partial charge is 0.409 e. The summed E-state index contributed by atoms with van der Waals surface area (Å²) in [5, 5.41) is 21.3. The van der Waals surface area contributed by atoms with Crippen molar-refractivity contribution in [3.05, 3.63) is 42.0 Å². The number of carbonyl (C=O) groups excluding carboxylic acids is 1. The van der Waals surface area contributed by atoms with E-state index in [0.29, 0.717) is 47.1 Å². The Bertz CT molecular complexity index is 1030. The van der Waals surface area contributed by atoms with Gasteiger partial charge in [0.05, 0.1) is 11.9 Å². The van der Waals surface area contributed by atoms with Gasteiger partial charge in [-0.15, -0.1) is 0 Å². The lowest BCUT2D eigenvalue weighted by atomic mass is 10.1. The van der Waals surface area contributed by atoms with Crippen LogP contribution in [0.25, 0.3) is 10.9 Å². The van der Waals surface area contributed by atoms with Crippen molar-refractivity contribution in [2.45, 2.75) is 6.42 Å². The molecule has 0 unspecified atom stereocenters. The van der Waals surface area contributed by atoms with E-state index in [0.717, 1.165) is 5.56 Å². The van der Waals surface area contributed by atoms with E-state index in [1.54, 1.807) is 30.3 Å². The number of amides is 2. The quantitative estimate of drug-likeness (QED) is 0.561. The molecule has 4 rings (SSSR count). The van der Waals surface area contributed by atoms with Gasteiger partial charge in [-0.2, -0.15) is 5.10 Å². The number of nitrogens with one attached hydrogen (secondary N) is 3. The molecule has 0 aliphatic carbocycles. The minimum atomic E-state index is -1.16. The zero-order valence-electron chi connectivity index (χ0n) is 14.1. The molecule has 0 bridgehead atoms. The third-order valence-electron chi connectivity index (χ3n) is 4.04. The van der Waals surface area contributed by atoms with Crippen LogP contribution in [0.1, 0.15) is 5.56 Å². The molecule has 0 atom stereocenters. The lowest BCUT2D eigenvalue weighted by Crippen LogP contribution is -2.17. The van der Waals surface area contributed by atoms with E-state index in [9.17, 15) is 9.59 Å². The minimum absolute atomic E-state index is 0.137. The van der Waals surface area contributed by atoms with E-state index in [1.165, 1.54) is 0 Å². The number of nitrogens with zero attached hydrogens (tertiary/aromatic N) is 1. The van der Waals surface area contributed by atoms with Crippen LogP contribution >= 0.6 is 0 Å². The molecule has 9 nitrogen and oxygen atoms in total. The maximum Gasteiger partial charge on any atom is 0.409 e. The minimum Gasteiger partial charge on any atom is -0.486 e. The van der Waals surface area contributed by atoms with Crippen molar-refractivity contribution in [1.82, 2.24) is 10.2 Å². The van der Waals surface area contributed by atoms with Crippen molar-refractivity contribution >= 4 is 34.4 Å². The van der Waals surface area contributed by atoms with Crippen molar-refractivity contribution in [1.29, 1.82) is 0 Å². The number of fused-ring (bicyclic) bond motifs is 2. The van der Waals surface area contributed by atoms with Crippen LogP contribution in [-0.2, 0) is 11.2 Å². The summed E-state index contributed by atoms with van der Waals surface area (Å²) in [5.41, 5.74) is 1.85. The molecule has 1 aliphatic rings. The Labute approximate surface area is 153 Å². The zero-order chi connectivity index (χ0) is 18.8. The Morgan fingerprint density at radius 2 is 1.89 bits per heavy atom. The highest BCUT2D eigenvalue weighted by Crippen LogP contribution is 2.31. The van der Waals surface area contributed by atoms with Gasteiger partial charge in [0.1, 0.15) is 13.2 Å². The number of carboxylic acid groups (broad SMARTS) is 1. The Morgan fingerprint density at radius 1 is 1.07 bits per heavy atom. The summed E-state index contributed by atoms with van der Waals surface area (Å²) >= 11 is 0. The van der Waals surface area contributed by atoms with Crippen LogP contribution in [0.2, 0.25) is 0 Å². The average molecular weight is 368 g/mol. The number of aromatic amines is 1. The highest BCUT2D eigenvalue weighted by molar-refractivity contribution is 6.02. The van der Waals surface area contributed by atoms with Gasteiger partial charge in [-0.05, 0) is 35.9 Å². The molecule has 2 aromatic carbocycles. The Hall–Kier alpha value is -3.75.